The Balaban J connectivity index is 2.00. The van der Waals surface area contributed by atoms with E-state index in [2.05, 4.69) is 5.32 Å². The molecule has 2 aliphatic heterocycles. The van der Waals surface area contributed by atoms with Crippen LogP contribution in [-0.2, 0) is 4.74 Å². The fraction of sp³-hybridized carbons (Fsp3) is 0.154. The number of hydrogen-bond acceptors (Lipinski definition) is 4. The van der Waals surface area contributed by atoms with Crippen molar-refractivity contribution >= 4 is 29.1 Å². The first kappa shape index (κ1) is 11.9. The molecule has 6 heteroatoms. The van der Waals surface area contributed by atoms with Crippen molar-refractivity contribution in [2.24, 2.45) is 0 Å². The Morgan fingerprint density at radius 3 is 2.95 bits per heavy atom. The zero-order chi connectivity index (χ0) is 13.4. The summed E-state index contributed by atoms with van der Waals surface area (Å²) in [4.78, 5) is 15.1. The average molecular weight is 278 g/mol. The highest BCUT2D eigenvalue weighted by molar-refractivity contribution is 6.32. The van der Waals surface area contributed by atoms with E-state index >= 15 is 0 Å². The van der Waals surface area contributed by atoms with Crippen LogP contribution in [0.1, 0.15) is 6.92 Å². The predicted molar refractivity (Wildman–Crippen MR) is 73.4 cm³/mol. The van der Waals surface area contributed by atoms with Crippen LogP contribution < -0.4 is 10.2 Å². The van der Waals surface area contributed by atoms with Gasteiger partial charge in [0.15, 0.2) is 5.82 Å². The van der Waals surface area contributed by atoms with E-state index in [1.165, 1.54) is 4.90 Å². The summed E-state index contributed by atoms with van der Waals surface area (Å²) in [6.07, 6.45) is 2.98. The van der Waals surface area contributed by atoms with E-state index in [1.54, 1.807) is 19.3 Å². The summed E-state index contributed by atoms with van der Waals surface area (Å²) in [5, 5.41) is 3.46. The van der Waals surface area contributed by atoms with E-state index in [1.807, 2.05) is 29.2 Å². The van der Waals surface area contributed by atoms with Gasteiger partial charge in [-0.1, -0.05) is 23.7 Å². The SMILES string of the molecule is CCOC(=O)N1C=CN2C1=C(Cl)Nc1ccccc12. The molecule has 0 radical (unpaired) electrons. The highest BCUT2D eigenvalue weighted by atomic mass is 35.5. The number of anilines is 2. The fourth-order valence-corrected chi connectivity index (χ4v) is 2.38. The van der Waals surface area contributed by atoms with Gasteiger partial charge in [0.05, 0.1) is 18.0 Å². The number of carbonyl (C=O) groups is 1. The second kappa shape index (κ2) is 4.51. The van der Waals surface area contributed by atoms with Crippen LogP contribution in [0.2, 0.25) is 0 Å². The van der Waals surface area contributed by atoms with Gasteiger partial charge in [-0.15, -0.1) is 0 Å². The van der Waals surface area contributed by atoms with E-state index in [0.29, 0.717) is 17.6 Å². The van der Waals surface area contributed by atoms with Crippen molar-refractivity contribution in [1.82, 2.24) is 4.90 Å². The molecule has 1 aromatic carbocycles. The lowest BCUT2D eigenvalue weighted by Crippen LogP contribution is -2.33. The lowest BCUT2D eigenvalue weighted by molar-refractivity contribution is 0.131. The van der Waals surface area contributed by atoms with E-state index < -0.39 is 6.09 Å². The molecule has 0 aromatic heterocycles. The number of para-hydroxylation sites is 2. The molecule has 0 saturated heterocycles. The van der Waals surface area contributed by atoms with Gasteiger partial charge in [0, 0.05) is 12.4 Å². The lowest BCUT2D eigenvalue weighted by atomic mass is 10.2. The van der Waals surface area contributed by atoms with E-state index in [9.17, 15) is 4.79 Å². The Morgan fingerprint density at radius 1 is 1.37 bits per heavy atom. The number of carbonyl (C=O) groups excluding carboxylic acids is 1. The van der Waals surface area contributed by atoms with E-state index in [0.717, 1.165) is 11.4 Å². The van der Waals surface area contributed by atoms with Crippen LogP contribution in [0, 0.1) is 0 Å². The minimum Gasteiger partial charge on any atom is -0.449 e. The summed E-state index contributed by atoms with van der Waals surface area (Å²) in [5.41, 5.74) is 1.83. The number of halogens is 1. The Bertz CT molecular complexity index is 597. The summed E-state index contributed by atoms with van der Waals surface area (Å²) < 4.78 is 5.00. The molecular weight excluding hydrogens is 266 g/mol. The quantitative estimate of drug-likeness (QED) is 0.801. The minimum absolute atomic E-state index is 0.318. The highest BCUT2D eigenvalue weighted by Gasteiger charge is 2.34. The maximum absolute atomic E-state index is 11.9. The third-order valence-corrected chi connectivity index (χ3v) is 3.15. The molecule has 1 N–H and O–H groups in total. The Hall–Kier alpha value is -2.14. The standard InChI is InChI=1S/C13H12ClN3O2/c1-2-19-13(18)17-8-7-16-10-6-4-3-5-9(10)15-11(14)12(16)17/h3-8,15H,2H2,1H3. The van der Waals surface area contributed by atoms with Gasteiger partial charge in [0.1, 0.15) is 5.16 Å². The number of ether oxygens (including phenoxy) is 1. The molecular formula is C13H12ClN3O2. The van der Waals surface area contributed by atoms with Gasteiger partial charge >= 0.3 is 6.09 Å². The van der Waals surface area contributed by atoms with Crippen LogP contribution in [0.5, 0.6) is 0 Å². The van der Waals surface area contributed by atoms with Gasteiger partial charge in [-0.25, -0.2) is 9.69 Å². The molecule has 0 unspecified atom stereocenters. The Labute approximate surface area is 115 Å². The van der Waals surface area contributed by atoms with Gasteiger partial charge in [0.2, 0.25) is 0 Å². The molecule has 1 aromatic rings. The Kier molecular flexibility index (Phi) is 2.83. The largest absolute Gasteiger partial charge is 0.449 e. The highest BCUT2D eigenvalue weighted by Crippen LogP contribution is 2.40. The van der Waals surface area contributed by atoms with Crippen molar-refractivity contribution in [2.75, 3.05) is 16.8 Å². The second-order valence-electron chi connectivity index (χ2n) is 4.02. The zero-order valence-electron chi connectivity index (χ0n) is 10.3. The van der Waals surface area contributed by atoms with Crippen LogP contribution in [-0.4, -0.2) is 17.6 Å². The molecule has 0 fully saturated rings. The maximum Gasteiger partial charge on any atom is 0.419 e. The van der Waals surface area contributed by atoms with Crippen LogP contribution in [0.15, 0.2) is 47.6 Å². The minimum atomic E-state index is -0.449. The van der Waals surface area contributed by atoms with Gasteiger partial charge in [-0.2, -0.15) is 0 Å². The summed E-state index contributed by atoms with van der Waals surface area (Å²) in [5.74, 6) is 0.554. The maximum atomic E-state index is 11.9. The number of hydrogen-bond donors (Lipinski definition) is 1. The van der Waals surface area contributed by atoms with Crippen molar-refractivity contribution < 1.29 is 9.53 Å². The summed E-state index contributed by atoms with van der Waals surface area (Å²) in [6, 6.07) is 7.72. The topological polar surface area (TPSA) is 44.8 Å². The molecule has 5 nitrogen and oxygen atoms in total. The van der Waals surface area contributed by atoms with Crippen LogP contribution in [0.4, 0.5) is 16.2 Å². The van der Waals surface area contributed by atoms with E-state index in [4.69, 9.17) is 16.3 Å². The number of benzene rings is 1. The number of nitrogens with zero attached hydrogens (tertiary/aromatic N) is 2. The molecule has 0 spiro atoms. The van der Waals surface area contributed by atoms with Gasteiger partial charge in [-0.3, -0.25) is 4.90 Å². The molecule has 0 aliphatic carbocycles. The van der Waals surface area contributed by atoms with Crippen molar-refractivity contribution in [3.8, 4) is 0 Å². The van der Waals surface area contributed by atoms with Gasteiger partial charge in [-0.05, 0) is 19.1 Å². The van der Waals surface area contributed by atoms with Crippen LogP contribution >= 0.6 is 11.6 Å². The second-order valence-corrected chi connectivity index (χ2v) is 4.39. The monoisotopic (exact) mass is 277 g/mol. The molecule has 1 amide bonds. The normalized spacial score (nSPS) is 16.1. The number of rotatable bonds is 1. The first-order chi connectivity index (χ1) is 9.22. The molecule has 2 heterocycles. The first-order valence-electron chi connectivity index (χ1n) is 5.91. The molecule has 0 atom stereocenters. The number of fused-ring (bicyclic) bond motifs is 3. The molecule has 98 valence electrons. The van der Waals surface area contributed by atoms with Crippen molar-refractivity contribution in [3.05, 3.63) is 47.6 Å². The summed E-state index contributed by atoms with van der Waals surface area (Å²) >= 11 is 6.22. The molecule has 3 rings (SSSR count). The third-order valence-electron chi connectivity index (χ3n) is 2.89. The number of nitrogens with one attached hydrogen (secondary N) is 1. The smallest absolute Gasteiger partial charge is 0.419 e. The van der Waals surface area contributed by atoms with Gasteiger partial charge < -0.3 is 10.1 Å². The summed E-state index contributed by atoms with van der Waals surface area (Å²) in [7, 11) is 0. The molecule has 2 aliphatic rings. The van der Waals surface area contributed by atoms with Crippen molar-refractivity contribution in [2.45, 2.75) is 6.92 Å². The van der Waals surface area contributed by atoms with Crippen molar-refractivity contribution in [1.29, 1.82) is 0 Å². The van der Waals surface area contributed by atoms with E-state index in [-0.39, 0.29) is 0 Å². The van der Waals surface area contributed by atoms with Crippen LogP contribution in [0.3, 0.4) is 0 Å². The zero-order valence-corrected chi connectivity index (χ0v) is 11.0. The predicted octanol–water partition coefficient (Wildman–Crippen LogP) is 3.23. The number of amides is 1. The molecule has 0 bridgehead atoms. The molecule has 0 saturated carbocycles. The average Bonchev–Trinajstić information content (AvgIpc) is 2.85. The van der Waals surface area contributed by atoms with Gasteiger partial charge in [0.25, 0.3) is 0 Å². The third kappa shape index (κ3) is 1.82. The Morgan fingerprint density at radius 2 is 2.16 bits per heavy atom. The fourth-order valence-electron chi connectivity index (χ4n) is 2.10. The van der Waals surface area contributed by atoms with Crippen LogP contribution in [0.25, 0.3) is 0 Å². The first-order valence-corrected chi connectivity index (χ1v) is 6.29. The molecule has 19 heavy (non-hydrogen) atoms. The summed E-state index contributed by atoms with van der Waals surface area (Å²) in [6.45, 7) is 2.08. The lowest BCUT2D eigenvalue weighted by Gasteiger charge is -2.30. The van der Waals surface area contributed by atoms with Crippen molar-refractivity contribution in [3.63, 3.8) is 0 Å².